The molecule has 1 rings (SSSR count). The first-order valence-electron chi connectivity index (χ1n) is 7.03. The number of nitrogens with one attached hydrogen (secondary N) is 2. The van der Waals surface area contributed by atoms with Crippen molar-refractivity contribution >= 4 is 5.84 Å². The van der Waals surface area contributed by atoms with E-state index in [1.54, 1.807) is 7.05 Å². The van der Waals surface area contributed by atoms with Crippen molar-refractivity contribution in [3.05, 3.63) is 23.7 Å². The number of hydrogen-bond acceptors (Lipinski definition) is 6. The summed E-state index contributed by atoms with van der Waals surface area (Å²) < 4.78 is 5.68. The minimum absolute atomic E-state index is 0.401. The molecule has 0 aliphatic carbocycles. The van der Waals surface area contributed by atoms with Gasteiger partial charge in [-0.1, -0.05) is 0 Å². The normalized spacial score (nSPS) is 11.5. The predicted molar refractivity (Wildman–Crippen MR) is 83.9 cm³/mol. The third-order valence-corrected chi connectivity index (χ3v) is 2.87. The molecule has 0 saturated heterocycles. The number of nitrogens with zero attached hydrogens (tertiary/aromatic N) is 4. The Morgan fingerprint density at radius 2 is 1.95 bits per heavy atom. The molecule has 0 radical (unpaired) electrons. The Hall–Kier alpha value is -2.35. The van der Waals surface area contributed by atoms with Crippen LogP contribution in [0.5, 0.6) is 0 Å². The van der Waals surface area contributed by atoms with Crippen molar-refractivity contribution in [2.75, 3.05) is 34.2 Å². The smallest absolute Gasteiger partial charge is 0.189 e. The number of hydrogen-bond donors (Lipinski definition) is 2. The molecule has 0 unspecified atom stereocenters. The summed E-state index contributed by atoms with van der Waals surface area (Å²) >= 11 is 0. The van der Waals surface area contributed by atoms with E-state index in [0.29, 0.717) is 25.5 Å². The molecule has 0 fully saturated rings. The van der Waals surface area contributed by atoms with Crippen LogP contribution in [0, 0.1) is 28.6 Å². The van der Waals surface area contributed by atoms with Crippen LogP contribution in [0.1, 0.15) is 11.5 Å². The van der Waals surface area contributed by atoms with Crippen LogP contribution in [0.4, 0.5) is 0 Å². The average Bonchev–Trinajstić information content (AvgIpc) is 2.92. The fourth-order valence-electron chi connectivity index (χ4n) is 1.87. The molecule has 0 saturated carbocycles. The lowest BCUT2D eigenvalue weighted by Crippen LogP contribution is -2.35. The lowest BCUT2D eigenvalue weighted by atomic mass is 10.2. The second-order valence-corrected chi connectivity index (χ2v) is 5.01. The van der Waals surface area contributed by atoms with Gasteiger partial charge in [-0.2, -0.15) is 10.5 Å². The zero-order valence-electron chi connectivity index (χ0n) is 13.3. The molecule has 0 amide bonds. The summed E-state index contributed by atoms with van der Waals surface area (Å²) in [5, 5.41) is 23.9. The monoisotopic (exact) mass is 302 g/mol. The summed E-state index contributed by atoms with van der Waals surface area (Å²) in [6.07, 6.45) is 0. The molecule has 2 N–H and O–H groups in total. The van der Waals surface area contributed by atoms with E-state index >= 15 is 0 Å². The molecule has 0 aliphatic rings. The van der Waals surface area contributed by atoms with Gasteiger partial charge in [0, 0.05) is 20.1 Å². The quantitative estimate of drug-likeness (QED) is 0.417. The summed E-state index contributed by atoms with van der Waals surface area (Å²) in [5.74, 6) is 1.38. The second-order valence-electron chi connectivity index (χ2n) is 5.01. The van der Waals surface area contributed by atoms with Gasteiger partial charge in [-0.25, -0.2) is 0 Å². The van der Waals surface area contributed by atoms with Gasteiger partial charge in [0.15, 0.2) is 5.92 Å². The largest absolute Gasteiger partial charge is 0.463 e. The highest BCUT2D eigenvalue weighted by molar-refractivity contribution is 5.88. The Labute approximate surface area is 131 Å². The fourth-order valence-corrected chi connectivity index (χ4v) is 1.87. The molecule has 1 aromatic rings. The lowest BCUT2D eigenvalue weighted by Gasteiger charge is -2.09. The van der Waals surface area contributed by atoms with Crippen LogP contribution in [-0.2, 0) is 13.1 Å². The Morgan fingerprint density at radius 3 is 2.55 bits per heavy atom. The van der Waals surface area contributed by atoms with Crippen molar-refractivity contribution < 1.29 is 4.42 Å². The van der Waals surface area contributed by atoms with Crippen LogP contribution in [-0.4, -0.2) is 45.0 Å². The molecule has 1 heterocycles. The molecule has 7 heteroatoms. The summed E-state index contributed by atoms with van der Waals surface area (Å²) in [6.45, 7) is 2.67. The van der Waals surface area contributed by atoms with E-state index in [1.165, 1.54) is 0 Å². The van der Waals surface area contributed by atoms with E-state index in [4.69, 9.17) is 14.9 Å². The van der Waals surface area contributed by atoms with Crippen LogP contribution in [0.3, 0.4) is 0 Å². The van der Waals surface area contributed by atoms with Crippen LogP contribution >= 0.6 is 0 Å². The Morgan fingerprint density at radius 1 is 1.27 bits per heavy atom. The third-order valence-electron chi connectivity index (χ3n) is 2.87. The lowest BCUT2D eigenvalue weighted by molar-refractivity contribution is 0.339. The molecule has 0 aromatic carbocycles. The third kappa shape index (κ3) is 5.96. The van der Waals surface area contributed by atoms with Crippen molar-refractivity contribution in [2.45, 2.75) is 13.1 Å². The Balaban J connectivity index is 2.27. The van der Waals surface area contributed by atoms with E-state index < -0.39 is 5.92 Å². The second kappa shape index (κ2) is 9.56. The summed E-state index contributed by atoms with van der Waals surface area (Å²) in [5.41, 5.74) is 0. The zero-order valence-corrected chi connectivity index (χ0v) is 13.3. The number of amidine groups is 1. The van der Waals surface area contributed by atoms with Gasteiger partial charge in [0.1, 0.15) is 17.4 Å². The van der Waals surface area contributed by atoms with Gasteiger partial charge in [0.05, 0.1) is 25.2 Å². The predicted octanol–water partition coefficient (Wildman–Crippen LogP) is 0.712. The summed E-state index contributed by atoms with van der Waals surface area (Å²) in [7, 11) is 5.55. The van der Waals surface area contributed by atoms with Gasteiger partial charge in [-0.3, -0.25) is 4.99 Å². The Kier molecular flexibility index (Phi) is 7.69. The van der Waals surface area contributed by atoms with Crippen molar-refractivity contribution in [3.8, 4) is 12.1 Å². The number of furan rings is 1. The van der Waals surface area contributed by atoms with E-state index in [0.717, 1.165) is 18.1 Å². The summed E-state index contributed by atoms with van der Waals surface area (Å²) in [6, 6.07) is 7.72. The van der Waals surface area contributed by atoms with Crippen molar-refractivity contribution in [3.63, 3.8) is 0 Å². The maximum absolute atomic E-state index is 8.82. The van der Waals surface area contributed by atoms with Gasteiger partial charge in [-0.05, 0) is 26.2 Å². The van der Waals surface area contributed by atoms with Crippen molar-refractivity contribution in [1.29, 1.82) is 10.5 Å². The van der Waals surface area contributed by atoms with Gasteiger partial charge in [0.25, 0.3) is 0 Å². The Bertz CT molecular complexity index is 549. The molecule has 0 aliphatic heterocycles. The number of rotatable bonds is 8. The first kappa shape index (κ1) is 17.7. The number of aliphatic imine (C=N–C) groups is 1. The first-order valence-corrected chi connectivity index (χ1v) is 7.03. The molecule has 22 heavy (non-hydrogen) atoms. The van der Waals surface area contributed by atoms with Gasteiger partial charge >= 0.3 is 0 Å². The van der Waals surface area contributed by atoms with E-state index in [-0.39, 0.29) is 0 Å². The topological polar surface area (TPSA) is 100 Å². The van der Waals surface area contributed by atoms with Gasteiger partial charge in [0.2, 0.25) is 0 Å². The first-order chi connectivity index (χ1) is 10.6. The van der Waals surface area contributed by atoms with Crippen LogP contribution < -0.4 is 10.6 Å². The minimum Gasteiger partial charge on any atom is -0.463 e. The fraction of sp³-hybridized carbons (Fsp3) is 0.533. The molecule has 0 spiro atoms. The van der Waals surface area contributed by atoms with E-state index in [2.05, 4.69) is 15.6 Å². The maximum Gasteiger partial charge on any atom is 0.189 e. The van der Waals surface area contributed by atoms with Gasteiger partial charge < -0.3 is 20.0 Å². The molecule has 7 nitrogen and oxygen atoms in total. The average molecular weight is 302 g/mol. The van der Waals surface area contributed by atoms with Gasteiger partial charge in [-0.15, -0.1) is 0 Å². The van der Waals surface area contributed by atoms with Crippen LogP contribution in [0.15, 0.2) is 21.5 Å². The number of nitriles is 2. The summed E-state index contributed by atoms with van der Waals surface area (Å²) in [4.78, 5) is 5.97. The van der Waals surface area contributed by atoms with E-state index in [9.17, 15) is 0 Å². The standard InChI is InChI=1S/C15H22N6O/c1-18-15(12(8-16)9-17)20-7-6-19-10-13-4-5-14(22-13)11-21(2)3/h4-5,12,19H,6-7,10-11H2,1-3H3,(H,18,20). The highest BCUT2D eigenvalue weighted by atomic mass is 16.3. The zero-order chi connectivity index (χ0) is 16.4. The van der Waals surface area contributed by atoms with E-state index in [1.807, 2.05) is 43.3 Å². The minimum atomic E-state index is -0.844. The molecule has 0 bridgehead atoms. The molecular formula is C15H22N6O. The molecular weight excluding hydrogens is 280 g/mol. The molecule has 1 aromatic heterocycles. The highest BCUT2D eigenvalue weighted by Crippen LogP contribution is 2.08. The SMILES string of the molecule is CN=C(NCCNCc1ccc(CN(C)C)o1)C(C#N)C#N. The van der Waals surface area contributed by atoms with Crippen molar-refractivity contribution in [2.24, 2.45) is 10.9 Å². The maximum atomic E-state index is 8.82. The highest BCUT2D eigenvalue weighted by Gasteiger charge is 2.12. The van der Waals surface area contributed by atoms with Crippen LogP contribution in [0.2, 0.25) is 0 Å². The van der Waals surface area contributed by atoms with Crippen LogP contribution in [0.25, 0.3) is 0 Å². The molecule has 118 valence electrons. The van der Waals surface area contributed by atoms with Crippen molar-refractivity contribution in [1.82, 2.24) is 15.5 Å². The molecule has 0 atom stereocenters.